The van der Waals surface area contributed by atoms with Crippen LogP contribution < -0.4 is 4.90 Å². The minimum atomic E-state index is -0.173. The highest BCUT2D eigenvalue weighted by molar-refractivity contribution is 5.46. The van der Waals surface area contributed by atoms with E-state index in [0.29, 0.717) is 0 Å². The average Bonchev–Trinajstić information content (AvgIpc) is 2.69. The third kappa shape index (κ3) is 4.02. The van der Waals surface area contributed by atoms with E-state index in [1.165, 1.54) is 11.1 Å². The number of ether oxygens (including phenoxy) is 1. The molecule has 3 nitrogen and oxygen atoms in total. The second-order valence-corrected chi connectivity index (χ2v) is 8.36. The zero-order valence-corrected chi connectivity index (χ0v) is 16.3. The Kier molecular flexibility index (Phi) is 5.20. The lowest BCUT2D eigenvalue weighted by Gasteiger charge is -2.39. The van der Waals surface area contributed by atoms with E-state index < -0.39 is 0 Å². The zero-order valence-electron chi connectivity index (χ0n) is 16.3. The molecule has 2 aromatic rings. The first-order valence-electron chi connectivity index (χ1n) is 9.97. The van der Waals surface area contributed by atoms with Crippen molar-refractivity contribution in [3.05, 3.63) is 65.5 Å². The molecule has 0 amide bonds. The Morgan fingerprint density at radius 2 is 1.70 bits per heavy atom. The van der Waals surface area contributed by atoms with Gasteiger partial charge in [0.05, 0.1) is 12.7 Å². The number of piperazine rings is 1. The Bertz CT molecular complexity index is 766. The molecule has 4 heteroatoms. The van der Waals surface area contributed by atoms with Crippen LogP contribution in [-0.2, 0) is 10.2 Å². The summed E-state index contributed by atoms with van der Waals surface area (Å²) in [6.07, 6.45) is 1.23. The first-order valence-corrected chi connectivity index (χ1v) is 9.97. The van der Waals surface area contributed by atoms with Crippen molar-refractivity contribution in [1.29, 1.82) is 0 Å². The Morgan fingerprint density at radius 1 is 1.00 bits per heavy atom. The highest BCUT2D eigenvalue weighted by Gasteiger charge is 2.33. The minimum absolute atomic E-state index is 0.0911. The van der Waals surface area contributed by atoms with E-state index in [9.17, 15) is 4.39 Å². The molecule has 1 saturated heterocycles. The van der Waals surface area contributed by atoms with Gasteiger partial charge < -0.3 is 9.64 Å². The minimum Gasteiger partial charge on any atom is -0.373 e. The van der Waals surface area contributed by atoms with Crippen molar-refractivity contribution in [2.75, 3.05) is 44.2 Å². The van der Waals surface area contributed by atoms with Gasteiger partial charge in [0.15, 0.2) is 0 Å². The van der Waals surface area contributed by atoms with Crippen LogP contribution in [0, 0.1) is 5.82 Å². The molecule has 2 aliphatic heterocycles. The molecule has 0 bridgehead atoms. The van der Waals surface area contributed by atoms with E-state index >= 15 is 0 Å². The molecule has 0 radical (unpaired) electrons. The Hall–Kier alpha value is -1.91. The fourth-order valence-electron chi connectivity index (χ4n) is 4.29. The van der Waals surface area contributed by atoms with E-state index in [2.05, 4.69) is 47.9 Å². The van der Waals surface area contributed by atoms with Gasteiger partial charge in [0.2, 0.25) is 0 Å². The van der Waals surface area contributed by atoms with Crippen LogP contribution in [0.25, 0.3) is 0 Å². The van der Waals surface area contributed by atoms with Crippen LogP contribution in [0.2, 0.25) is 0 Å². The second kappa shape index (κ2) is 7.61. The molecular formula is C23H29FN2O. The molecule has 0 saturated carbocycles. The van der Waals surface area contributed by atoms with Crippen LogP contribution in [0.4, 0.5) is 10.1 Å². The van der Waals surface area contributed by atoms with Gasteiger partial charge in [0.1, 0.15) is 5.82 Å². The second-order valence-electron chi connectivity index (χ2n) is 8.36. The molecule has 1 unspecified atom stereocenters. The summed E-state index contributed by atoms with van der Waals surface area (Å²) in [6, 6.07) is 15.6. The normalized spacial score (nSPS) is 22.5. The van der Waals surface area contributed by atoms with Gasteiger partial charge in [-0.05, 0) is 41.8 Å². The van der Waals surface area contributed by atoms with E-state index in [1.54, 1.807) is 12.1 Å². The van der Waals surface area contributed by atoms with Gasteiger partial charge in [-0.1, -0.05) is 38.1 Å². The lowest BCUT2D eigenvalue weighted by atomic mass is 9.78. The third-order valence-electron chi connectivity index (χ3n) is 5.95. The Labute approximate surface area is 161 Å². The molecule has 2 heterocycles. The molecule has 2 aliphatic rings. The fraction of sp³-hybridized carbons (Fsp3) is 0.478. The van der Waals surface area contributed by atoms with Crippen molar-refractivity contribution < 1.29 is 9.13 Å². The van der Waals surface area contributed by atoms with Crippen molar-refractivity contribution in [1.82, 2.24) is 4.90 Å². The standard InChI is InChI=1S/C23H29FN2O/c1-23(2)17-27-22(20-5-3-4-6-21(20)23)11-12-25-13-15-26(16-14-25)19-9-7-18(24)8-10-19/h3-10,22H,11-17H2,1-2H3. The van der Waals surface area contributed by atoms with Gasteiger partial charge in [0, 0.05) is 43.8 Å². The first kappa shape index (κ1) is 18.5. The Morgan fingerprint density at radius 3 is 2.44 bits per heavy atom. The fourth-order valence-corrected chi connectivity index (χ4v) is 4.29. The van der Waals surface area contributed by atoms with Crippen LogP contribution in [-0.4, -0.2) is 44.2 Å². The van der Waals surface area contributed by atoms with Crippen LogP contribution in [0.15, 0.2) is 48.5 Å². The smallest absolute Gasteiger partial charge is 0.123 e. The molecule has 0 aliphatic carbocycles. The summed E-state index contributed by atoms with van der Waals surface area (Å²) >= 11 is 0. The van der Waals surface area contributed by atoms with Crippen molar-refractivity contribution in [3.63, 3.8) is 0 Å². The molecule has 27 heavy (non-hydrogen) atoms. The van der Waals surface area contributed by atoms with E-state index in [4.69, 9.17) is 4.74 Å². The van der Waals surface area contributed by atoms with Crippen molar-refractivity contribution in [3.8, 4) is 0 Å². The van der Waals surface area contributed by atoms with Crippen LogP contribution in [0.1, 0.15) is 37.5 Å². The number of hydrogen-bond acceptors (Lipinski definition) is 3. The van der Waals surface area contributed by atoms with Gasteiger partial charge in [-0.2, -0.15) is 0 Å². The summed E-state index contributed by atoms with van der Waals surface area (Å²) in [6.45, 7) is 10.4. The number of fused-ring (bicyclic) bond motifs is 1. The van der Waals surface area contributed by atoms with Crippen molar-refractivity contribution in [2.45, 2.75) is 31.8 Å². The van der Waals surface area contributed by atoms with Crippen LogP contribution >= 0.6 is 0 Å². The van der Waals surface area contributed by atoms with Gasteiger partial charge in [-0.25, -0.2) is 4.39 Å². The molecule has 1 fully saturated rings. The lowest BCUT2D eigenvalue weighted by molar-refractivity contribution is -0.00324. The quantitative estimate of drug-likeness (QED) is 0.796. The molecule has 4 rings (SSSR count). The number of anilines is 1. The number of hydrogen-bond donors (Lipinski definition) is 0. The van der Waals surface area contributed by atoms with Crippen molar-refractivity contribution >= 4 is 5.69 Å². The maximum absolute atomic E-state index is 13.1. The molecule has 2 aromatic carbocycles. The maximum atomic E-state index is 13.1. The van der Waals surface area contributed by atoms with E-state index in [0.717, 1.165) is 51.4 Å². The molecule has 0 aromatic heterocycles. The third-order valence-corrected chi connectivity index (χ3v) is 5.95. The lowest BCUT2D eigenvalue weighted by Crippen LogP contribution is -2.47. The van der Waals surface area contributed by atoms with Gasteiger partial charge in [-0.3, -0.25) is 4.90 Å². The monoisotopic (exact) mass is 368 g/mol. The van der Waals surface area contributed by atoms with Crippen LogP contribution in [0.3, 0.4) is 0 Å². The number of nitrogens with zero attached hydrogens (tertiary/aromatic N) is 2. The number of benzene rings is 2. The van der Waals surface area contributed by atoms with Crippen molar-refractivity contribution in [2.24, 2.45) is 0 Å². The number of rotatable bonds is 4. The number of halogens is 1. The summed E-state index contributed by atoms with van der Waals surface area (Å²) < 4.78 is 19.3. The zero-order chi connectivity index (χ0) is 18.9. The molecule has 144 valence electrons. The molecule has 1 atom stereocenters. The predicted octanol–water partition coefficient (Wildman–Crippen LogP) is 4.39. The summed E-state index contributed by atoms with van der Waals surface area (Å²) in [7, 11) is 0. The van der Waals surface area contributed by atoms with Gasteiger partial charge >= 0.3 is 0 Å². The predicted molar refractivity (Wildman–Crippen MR) is 108 cm³/mol. The summed E-state index contributed by atoms with van der Waals surface area (Å²) in [5.74, 6) is -0.173. The highest BCUT2D eigenvalue weighted by atomic mass is 19.1. The highest BCUT2D eigenvalue weighted by Crippen LogP contribution is 2.39. The maximum Gasteiger partial charge on any atom is 0.123 e. The van der Waals surface area contributed by atoms with Crippen LogP contribution in [0.5, 0.6) is 0 Å². The van der Waals surface area contributed by atoms with E-state index in [-0.39, 0.29) is 17.3 Å². The summed E-state index contributed by atoms with van der Waals surface area (Å²) in [5, 5.41) is 0. The molecule has 0 spiro atoms. The topological polar surface area (TPSA) is 15.7 Å². The Balaban J connectivity index is 1.32. The summed E-state index contributed by atoms with van der Waals surface area (Å²) in [5.41, 5.74) is 4.00. The molecule has 0 N–H and O–H groups in total. The SMILES string of the molecule is CC1(C)COC(CCN2CCN(c3ccc(F)cc3)CC2)c2ccccc21. The largest absolute Gasteiger partial charge is 0.373 e. The average molecular weight is 368 g/mol. The van der Waals surface area contributed by atoms with Gasteiger partial charge in [0.25, 0.3) is 0 Å². The molecular weight excluding hydrogens is 339 g/mol. The van der Waals surface area contributed by atoms with Gasteiger partial charge in [-0.15, -0.1) is 0 Å². The summed E-state index contributed by atoms with van der Waals surface area (Å²) in [4.78, 5) is 4.86. The first-order chi connectivity index (χ1) is 13.0. The van der Waals surface area contributed by atoms with E-state index in [1.807, 2.05) is 12.1 Å².